The van der Waals surface area contributed by atoms with Crippen LogP contribution in [0.1, 0.15) is 13.8 Å². The summed E-state index contributed by atoms with van der Waals surface area (Å²) in [7, 11) is -0.300. The molecule has 0 spiro atoms. The van der Waals surface area contributed by atoms with Crippen molar-refractivity contribution in [2.45, 2.75) is 25.6 Å². The summed E-state index contributed by atoms with van der Waals surface area (Å²) in [5, 5.41) is 8.11. The monoisotopic (exact) mass is 148 g/mol. The van der Waals surface area contributed by atoms with Crippen LogP contribution < -0.4 is 0 Å². The lowest BCUT2D eigenvalue weighted by molar-refractivity contribution is 0.0837. The van der Waals surface area contributed by atoms with E-state index < -0.39 is 6.16 Å². The highest BCUT2D eigenvalue weighted by molar-refractivity contribution is 6.37. The van der Waals surface area contributed by atoms with Crippen molar-refractivity contribution in [3.63, 3.8) is 0 Å². The Morgan fingerprint density at radius 2 is 2.44 bits per heavy atom. The number of carbonyl (C=O) groups is 1. The molecule has 0 saturated carbocycles. The molecule has 9 heavy (non-hydrogen) atoms. The van der Waals surface area contributed by atoms with E-state index in [0.717, 1.165) is 6.04 Å². The quantitative estimate of drug-likeness (QED) is 0.472. The fourth-order valence-electron chi connectivity index (χ4n) is 0.638. The molecule has 0 radical (unpaired) electrons. The maximum Gasteiger partial charge on any atom is 0.505 e. The van der Waals surface area contributed by atoms with Crippen LogP contribution in [0.5, 0.6) is 0 Å². The normalized spacial score (nSPS) is 14.0. The Labute approximate surface area is 56.8 Å². The van der Waals surface area contributed by atoms with E-state index in [0.29, 0.717) is 0 Å². The molecule has 1 unspecified atom stereocenters. The van der Waals surface area contributed by atoms with Gasteiger partial charge in [0.15, 0.2) is 0 Å². The maximum atomic E-state index is 9.88. The van der Waals surface area contributed by atoms with Crippen LogP contribution >= 0.6 is 0 Å². The molecule has 4 heteroatoms. The fourth-order valence-corrected chi connectivity index (χ4v) is 1.71. The van der Waals surface area contributed by atoms with E-state index in [2.05, 4.69) is 4.74 Å². The highest BCUT2D eigenvalue weighted by Crippen LogP contribution is 1.90. The molecule has 0 heterocycles. The van der Waals surface area contributed by atoms with Crippen LogP contribution in [0.4, 0.5) is 4.79 Å². The molecule has 0 aliphatic carbocycles. The molecular weight excluding hydrogens is 136 g/mol. The van der Waals surface area contributed by atoms with Crippen LogP contribution in [0, 0.1) is 0 Å². The number of carboxylic acid groups (broad SMARTS) is 1. The summed E-state index contributed by atoms with van der Waals surface area (Å²) in [6.07, 6.45) is -1.15. The van der Waals surface area contributed by atoms with E-state index in [1.165, 1.54) is 0 Å². The summed E-state index contributed by atoms with van der Waals surface area (Å²) >= 11 is 0. The second kappa shape index (κ2) is 4.37. The first kappa shape index (κ1) is 8.49. The molecule has 0 aromatic rings. The van der Waals surface area contributed by atoms with E-state index in [9.17, 15) is 4.79 Å². The molecule has 0 amide bonds. The molecule has 0 aromatic heterocycles. The van der Waals surface area contributed by atoms with Gasteiger partial charge in [0, 0.05) is 0 Å². The molecule has 0 bridgehead atoms. The van der Waals surface area contributed by atoms with E-state index in [1.54, 1.807) is 0 Å². The van der Waals surface area contributed by atoms with Crippen LogP contribution in [-0.2, 0) is 4.74 Å². The fraction of sp³-hybridized carbons (Fsp3) is 0.800. The molecule has 54 valence electrons. The first-order valence-corrected chi connectivity index (χ1v) is 4.88. The summed E-state index contributed by atoms with van der Waals surface area (Å²) in [6.45, 7) is 3.86. The smallest absolute Gasteiger partial charge is 0.450 e. The maximum absolute atomic E-state index is 9.88. The Morgan fingerprint density at radius 3 is 2.78 bits per heavy atom. The van der Waals surface area contributed by atoms with Crippen molar-refractivity contribution >= 4 is 15.7 Å². The van der Waals surface area contributed by atoms with Gasteiger partial charge in [0.25, 0.3) is 0 Å². The highest BCUT2D eigenvalue weighted by Gasteiger charge is 2.04. The first-order chi connectivity index (χ1) is 4.16. The summed E-state index contributed by atoms with van der Waals surface area (Å²) in [6, 6.07) is 1.09. The van der Waals surface area contributed by atoms with Gasteiger partial charge in [-0.3, -0.25) is 0 Å². The van der Waals surface area contributed by atoms with Crippen molar-refractivity contribution in [1.82, 2.24) is 0 Å². The largest absolute Gasteiger partial charge is 0.505 e. The summed E-state index contributed by atoms with van der Waals surface area (Å²) in [5.74, 6) is 0. The average Bonchev–Trinajstić information content (AvgIpc) is 1.63. The molecule has 1 atom stereocenters. The molecular formula is C5H12O3Si. The molecule has 0 rings (SSSR count). The first-order valence-electron chi connectivity index (χ1n) is 3.06. The van der Waals surface area contributed by atoms with E-state index in [-0.39, 0.29) is 15.2 Å². The van der Waals surface area contributed by atoms with Crippen LogP contribution in [0.15, 0.2) is 0 Å². The third-order valence-corrected chi connectivity index (χ3v) is 2.55. The van der Waals surface area contributed by atoms with Gasteiger partial charge >= 0.3 is 6.16 Å². The van der Waals surface area contributed by atoms with Gasteiger partial charge in [0.05, 0.1) is 15.2 Å². The Bertz CT molecular complexity index is 94.2. The predicted molar refractivity (Wildman–Crippen MR) is 37.6 cm³/mol. The topological polar surface area (TPSA) is 46.5 Å². The summed E-state index contributed by atoms with van der Waals surface area (Å²) < 4.78 is 4.47. The number of ether oxygens (including phenoxy) is 1. The third-order valence-electron chi connectivity index (χ3n) is 0.997. The highest BCUT2D eigenvalue weighted by atomic mass is 28.2. The average molecular weight is 148 g/mol. The molecule has 3 nitrogen and oxygen atoms in total. The minimum Gasteiger partial charge on any atom is -0.450 e. The van der Waals surface area contributed by atoms with Gasteiger partial charge in [-0.05, 0) is 6.92 Å². The lowest BCUT2D eigenvalue weighted by Gasteiger charge is -2.06. The molecule has 0 fully saturated rings. The van der Waals surface area contributed by atoms with E-state index in [4.69, 9.17) is 5.11 Å². The minimum atomic E-state index is -1.15. The zero-order chi connectivity index (χ0) is 7.28. The zero-order valence-corrected chi connectivity index (χ0v) is 7.17. The number of hydrogen-bond donors (Lipinski definition) is 1. The van der Waals surface area contributed by atoms with Crippen molar-refractivity contribution in [3.05, 3.63) is 0 Å². The molecule has 0 aliphatic heterocycles. The molecule has 1 N–H and O–H groups in total. The Hall–Kier alpha value is -0.513. The summed E-state index contributed by atoms with van der Waals surface area (Å²) in [5.41, 5.74) is -0.0208. The minimum absolute atomic E-state index is 0.0208. The standard InChI is InChI=1S/C5H12O3Si/c1-3-9-4(2)8-5(6)7/h4H,3,9H2,1-2H3,(H,6,7). The lowest BCUT2D eigenvalue weighted by Crippen LogP contribution is -2.18. The second-order valence-electron chi connectivity index (χ2n) is 1.98. The molecule has 0 saturated heterocycles. The van der Waals surface area contributed by atoms with Gasteiger partial charge in [0.2, 0.25) is 0 Å². The van der Waals surface area contributed by atoms with Gasteiger partial charge in [0.1, 0.15) is 0 Å². The Morgan fingerprint density at radius 1 is 1.89 bits per heavy atom. The van der Waals surface area contributed by atoms with Crippen molar-refractivity contribution in [2.75, 3.05) is 0 Å². The van der Waals surface area contributed by atoms with Crippen LogP contribution in [-0.4, -0.2) is 26.5 Å². The molecule has 0 aliphatic rings. The van der Waals surface area contributed by atoms with Crippen LogP contribution in [0.3, 0.4) is 0 Å². The van der Waals surface area contributed by atoms with Crippen LogP contribution in [0.25, 0.3) is 0 Å². The van der Waals surface area contributed by atoms with Gasteiger partial charge in [-0.15, -0.1) is 0 Å². The van der Waals surface area contributed by atoms with Crippen LogP contribution in [0.2, 0.25) is 6.04 Å². The van der Waals surface area contributed by atoms with Gasteiger partial charge < -0.3 is 9.84 Å². The van der Waals surface area contributed by atoms with Gasteiger partial charge in [-0.2, -0.15) is 0 Å². The van der Waals surface area contributed by atoms with E-state index >= 15 is 0 Å². The van der Waals surface area contributed by atoms with Gasteiger partial charge in [-0.25, -0.2) is 4.79 Å². The molecule has 0 aromatic carbocycles. The van der Waals surface area contributed by atoms with Crippen molar-refractivity contribution < 1.29 is 14.6 Å². The summed E-state index contributed by atoms with van der Waals surface area (Å²) in [4.78, 5) is 9.88. The van der Waals surface area contributed by atoms with E-state index in [1.807, 2.05) is 13.8 Å². The SMILES string of the molecule is CC[SiH2]C(C)OC(=O)O. The predicted octanol–water partition coefficient (Wildman–Crippen LogP) is 0.634. The number of rotatable bonds is 3. The lowest BCUT2D eigenvalue weighted by atomic mass is 10.8. The zero-order valence-electron chi connectivity index (χ0n) is 5.76. The van der Waals surface area contributed by atoms with Crippen molar-refractivity contribution in [3.8, 4) is 0 Å². The third kappa shape index (κ3) is 5.36. The van der Waals surface area contributed by atoms with Crippen molar-refractivity contribution in [1.29, 1.82) is 0 Å². The Balaban J connectivity index is 3.26. The van der Waals surface area contributed by atoms with Crippen molar-refractivity contribution in [2.24, 2.45) is 0 Å². The second-order valence-corrected chi connectivity index (χ2v) is 4.71. The Kier molecular flexibility index (Phi) is 4.12. The number of hydrogen-bond acceptors (Lipinski definition) is 2. The van der Waals surface area contributed by atoms with Gasteiger partial charge in [-0.1, -0.05) is 13.0 Å².